The maximum absolute atomic E-state index is 6.20. The van der Waals surface area contributed by atoms with Gasteiger partial charge in [0.1, 0.15) is 0 Å². The van der Waals surface area contributed by atoms with Crippen LogP contribution < -0.4 is 11.1 Å². The number of hydrogen-bond acceptors (Lipinski definition) is 3. The molecule has 5 heteroatoms. The zero-order chi connectivity index (χ0) is 19.9. The van der Waals surface area contributed by atoms with Gasteiger partial charge in [0.2, 0.25) is 0 Å². The van der Waals surface area contributed by atoms with Crippen molar-refractivity contribution in [1.82, 2.24) is 4.90 Å². The third kappa shape index (κ3) is 5.12. The lowest BCUT2D eigenvalue weighted by Gasteiger charge is -2.37. The van der Waals surface area contributed by atoms with Crippen LogP contribution in [0, 0.1) is 5.92 Å². The van der Waals surface area contributed by atoms with Crippen LogP contribution in [0.5, 0.6) is 0 Å². The van der Waals surface area contributed by atoms with Gasteiger partial charge >= 0.3 is 0 Å². The topological polar surface area (TPSA) is 62.9 Å². The highest BCUT2D eigenvalue weighted by Crippen LogP contribution is 2.23. The molecule has 3 N–H and O–H groups in total. The van der Waals surface area contributed by atoms with E-state index in [9.17, 15) is 0 Å². The van der Waals surface area contributed by atoms with E-state index >= 15 is 0 Å². The smallest absolute Gasteiger partial charge is 0.193 e. The molecule has 1 aliphatic rings. The Kier molecular flexibility index (Phi) is 7.06. The van der Waals surface area contributed by atoms with Crippen molar-refractivity contribution in [3.05, 3.63) is 65.2 Å². The number of rotatable bonds is 7. The summed E-state index contributed by atoms with van der Waals surface area (Å²) in [5.74, 6) is 0.953. The molecule has 3 rings (SSSR count). The van der Waals surface area contributed by atoms with E-state index in [1.807, 2.05) is 24.3 Å². The van der Waals surface area contributed by atoms with Gasteiger partial charge in [0.05, 0.1) is 13.2 Å². The molecule has 1 atom stereocenters. The standard InChI is InChI=1S/C23H32N4O/c1-17(2)22(27-13-12-18-8-4-5-9-19(18)15-27)14-25-23(24)26-21-11-7-6-10-20(21)16-28-3/h4-11,17,22H,12-16H2,1-3H3,(H3,24,25,26). The van der Waals surface area contributed by atoms with Crippen molar-refractivity contribution in [2.45, 2.75) is 39.5 Å². The minimum atomic E-state index is 0.364. The Balaban J connectivity index is 1.66. The molecule has 2 aromatic rings. The summed E-state index contributed by atoms with van der Waals surface area (Å²) in [5, 5.41) is 3.24. The number of fused-ring (bicyclic) bond motifs is 1. The number of ether oxygens (including phenoxy) is 1. The monoisotopic (exact) mass is 380 g/mol. The van der Waals surface area contributed by atoms with E-state index in [2.05, 4.69) is 53.3 Å². The van der Waals surface area contributed by atoms with Gasteiger partial charge in [-0.05, 0) is 29.5 Å². The number of nitrogens with zero attached hydrogens (tertiary/aromatic N) is 2. The van der Waals surface area contributed by atoms with E-state index < -0.39 is 0 Å². The molecule has 0 radical (unpaired) electrons. The fourth-order valence-electron chi connectivity index (χ4n) is 3.84. The van der Waals surface area contributed by atoms with Crippen molar-refractivity contribution >= 4 is 11.6 Å². The van der Waals surface area contributed by atoms with Gasteiger partial charge in [-0.3, -0.25) is 9.89 Å². The van der Waals surface area contributed by atoms with Gasteiger partial charge in [-0.15, -0.1) is 0 Å². The van der Waals surface area contributed by atoms with Crippen LogP contribution in [0.25, 0.3) is 0 Å². The van der Waals surface area contributed by atoms with Crippen LogP contribution in [-0.2, 0) is 24.3 Å². The van der Waals surface area contributed by atoms with Crippen molar-refractivity contribution < 1.29 is 4.74 Å². The second-order valence-electron chi connectivity index (χ2n) is 7.74. The summed E-state index contributed by atoms with van der Waals surface area (Å²) in [7, 11) is 1.69. The molecule has 0 saturated heterocycles. The lowest BCUT2D eigenvalue weighted by molar-refractivity contribution is 0.145. The zero-order valence-corrected chi connectivity index (χ0v) is 17.2. The largest absolute Gasteiger partial charge is 0.380 e. The van der Waals surface area contributed by atoms with Crippen LogP contribution in [0.4, 0.5) is 5.69 Å². The van der Waals surface area contributed by atoms with Gasteiger partial charge in [0.25, 0.3) is 0 Å². The van der Waals surface area contributed by atoms with Gasteiger partial charge in [0.15, 0.2) is 5.96 Å². The molecule has 0 fully saturated rings. The van der Waals surface area contributed by atoms with E-state index in [1.165, 1.54) is 11.1 Å². The Morgan fingerprint density at radius 1 is 1.14 bits per heavy atom. The molecule has 0 saturated carbocycles. The second-order valence-corrected chi connectivity index (χ2v) is 7.74. The second kappa shape index (κ2) is 9.71. The predicted molar refractivity (Wildman–Crippen MR) is 116 cm³/mol. The quantitative estimate of drug-likeness (QED) is 0.569. The number of nitrogens with two attached hydrogens (primary N) is 1. The molecule has 1 unspecified atom stereocenters. The van der Waals surface area contributed by atoms with Crippen molar-refractivity contribution in [2.24, 2.45) is 16.6 Å². The third-order valence-electron chi connectivity index (χ3n) is 5.43. The Bertz CT molecular complexity index is 803. The number of guanidine groups is 1. The first-order valence-corrected chi connectivity index (χ1v) is 10.0. The molecule has 5 nitrogen and oxygen atoms in total. The highest BCUT2D eigenvalue weighted by Gasteiger charge is 2.25. The van der Waals surface area contributed by atoms with Crippen LogP contribution in [-0.4, -0.2) is 37.1 Å². The van der Waals surface area contributed by atoms with E-state index in [-0.39, 0.29) is 0 Å². The highest BCUT2D eigenvalue weighted by atomic mass is 16.5. The van der Waals surface area contributed by atoms with E-state index in [0.717, 1.165) is 30.8 Å². The molecule has 0 amide bonds. The normalized spacial score (nSPS) is 16.1. The lowest BCUT2D eigenvalue weighted by atomic mass is 9.95. The molecule has 1 heterocycles. The van der Waals surface area contributed by atoms with Crippen molar-refractivity contribution in [3.63, 3.8) is 0 Å². The zero-order valence-electron chi connectivity index (χ0n) is 17.2. The number of aliphatic imine (C=N–C) groups is 1. The van der Waals surface area contributed by atoms with Crippen molar-refractivity contribution in [1.29, 1.82) is 0 Å². The number of para-hydroxylation sites is 1. The fraction of sp³-hybridized carbons (Fsp3) is 0.435. The Morgan fingerprint density at radius 2 is 1.86 bits per heavy atom. The minimum Gasteiger partial charge on any atom is -0.380 e. The third-order valence-corrected chi connectivity index (χ3v) is 5.43. The van der Waals surface area contributed by atoms with Gasteiger partial charge in [-0.2, -0.15) is 0 Å². The molecule has 0 aromatic heterocycles. The number of nitrogens with one attached hydrogen (secondary N) is 1. The van der Waals surface area contributed by atoms with Crippen LogP contribution in [0.2, 0.25) is 0 Å². The molecular formula is C23H32N4O. The summed E-state index contributed by atoms with van der Waals surface area (Å²) in [6, 6.07) is 17.1. The van der Waals surface area contributed by atoms with Crippen LogP contribution in [0.15, 0.2) is 53.5 Å². The lowest BCUT2D eigenvalue weighted by Crippen LogP contribution is -2.44. The Labute approximate surface area is 168 Å². The summed E-state index contributed by atoms with van der Waals surface area (Å²) in [5.41, 5.74) is 11.1. The molecule has 150 valence electrons. The summed E-state index contributed by atoms with van der Waals surface area (Å²) in [6.45, 7) is 7.80. The predicted octanol–water partition coefficient (Wildman–Crippen LogP) is 3.64. The van der Waals surface area contributed by atoms with Gasteiger partial charge in [-0.25, -0.2) is 0 Å². The maximum Gasteiger partial charge on any atom is 0.193 e. The van der Waals surface area contributed by atoms with Crippen LogP contribution in [0.3, 0.4) is 0 Å². The van der Waals surface area contributed by atoms with Gasteiger partial charge in [0, 0.05) is 37.5 Å². The van der Waals surface area contributed by atoms with Gasteiger partial charge < -0.3 is 15.8 Å². The molecule has 0 spiro atoms. The average Bonchev–Trinajstić information content (AvgIpc) is 2.69. The minimum absolute atomic E-state index is 0.364. The first kappa shape index (κ1) is 20.4. The first-order chi connectivity index (χ1) is 13.6. The number of anilines is 1. The maximum atomic E-state index is 6.20. The summed E-state index contributed by atoms with van der Waals surface area (Å²) < 4.78 is 5.26. The number of hydrogen-bond donors (Lipinski definition) is 2. The number of benzene rings is 2. The van der Waals surface area contributed by atoms with Crippen molar-refractivity contribution in [3.8, 4) is 0 Å². The van der Waals surface area contributed by atoms with Crippen LogP contribution in [0.1, 0.15) is 30.5 Å². The molecule has 0 bridgehead atoms. The number of methoxy groups -OCH3 is 1. The molecule has 0 aliphatic carbocycles. The summed E-state index contributed by atoms with van der Waals surface area (Å²) >= 11 is 0. The van der Waals surface area contributed by atoms with E-state index in [4.69, 9.17) is 10.5 Å². The highest BCUT2D eigenvalue weighted by molar-refractivity contribution is 5.93. The Hall–Kier alpha value is -2.37. The molecule has 2 aromatic carbocycles. The average molecular weight is 381 g/mol. The van der Waals surface area contributed by atoms with E-state index in [1.54, 1.807) is 7.11 Å². The van der Waals surface area contributed by atoms with Crippen LogP contribution >= 0.6 is 0 Å². The molecular weight excluding hydrogens is 348 g/mol. The molecule has 1 aliphatic heterocycles. The van der Waals surface area contributed by atoms with Crippen molar-refractivity contribution in [2.75, 3.05) is 25.5 Å². The molecule has 28 heavy (non-hydrogen) atoms. The summed E-state index contributed by atoms with van der Waals surface area (Å²) in [4.78, 5) is 7.22. The Morgan fingerprint density at radius 3 is 2.61 bits per heavy atom. The van der Waals surface area contributed by atoms with Gasteiger partial charge in [-0.1, -0.05) is 56.3 Å². The van der Waals surface area contributed by atoms with E-state index in [0.29, 0.717) is 31.1 Å². The summed E-state index contributed by atoms with van der Waals surface area (Å²) in [6.07, 6.45) is 1.10. The fourth-order valence-corrected chi connectivity index (χ4v) is 3.84. The SMILES string of the molecule is COCc1ccccc1NC(N)=NCC(C(C)C)N1CCc2ccccc2C1. The first-order valence-electron chi connectivity index (χ1n) is 10.0.